The molecule has 0 fully saturated rings. The van der Waals surface area contributed by atoms with Crippen molar-refractivity contribution in [3.05, 3.63) is 75.5 Å². The summed E-state index contributed by atoms with van der Waals surface area (Å²) in [5, 5.41) is 2.00. The number of hydrogen-bond donors (Lipinski definition) is 0. The molecule has 0 atom stereocenters. The zero-order chi connectivity index (χ0) is 12.8. The maximum absolute atomic E-state index is 12.6. The van der Waals surface area contributed by atoms with Gasteiger partial charge >= 0.3 is 0 Å². The molecule has 0 amide bonds. The van der Waals surface area contributed by atoms with Crippen LogP contribution in [0.25, 0.3) is 17.2 Å². The molecule has 2 heteroatoms. The SMILES string of the molecule is O=C1C2=Cc3ccccc3C2=CC=C1c1cccs1. The molecule has 1 nitrogen and oxygen atoms in total. The number of ketones is 1. The minimum Gasteiger partial charge on any atom is -0.289 e. The van der Waals surface area contributed by atoms with E-state index in [1.165, 1.54) is 0 Å². The van der Waals surface area contributed by atoms with Crippen LogP contribution in [0.3, 0.4) is 0 Å². The molecule has 0 spiro atoms. The van der Waals surface area contributed by atoms with Gasteiger partial charge in [0, 0.05) is 16.0 Å². The summed E-state index contributed by atoms with van der Waals surface area (Å²) >= 11 is 1.61. The fourth-order valence-corrected chi connectivity index (χ4v) is 3.38. The molecule has 1 aromatic carbocycles. The lowest BCUT2D eigenvalue weighted by Crippen LogP contribution is -2.07. The van der Waals surface area contributed by atoms with Crippen molar-refractivity contribution in [2.45, 2.75) is 0 Å². The fourth-order valence-electron chi connectivity index (χ4n) is 2.63. The number of thiophene rings is 1. The molecular formula is C17H10OS. The summed E-state index contributed by atoms with van der Waals surface area (Å²) in [5.74, 6) is 0.135. The summed E-state index contributed by atoms with van der Waals surface area (Å²) in [7, 11) is 0. The van der Waals surface area contributed by atoms with Crippen molar-refractivity contribution in [2.75, 3.05) is 0 Å². The predicted molar refractivity (Wildman–Crippen MR) is 79.7 cm³/mol. The van der Waals surface area contributed by atoms with Crippen molar-refractivity contribution in [3.8, 4) is 0 Å². The maximum Gasteiger partial charge on any atom is 0.195 e. The van der Waals surface area contributed by atoms with Gasteiger partial charge in [0.2, 0.25) is 0 Å². The average Bonchev–Trinajstić information content (AvgIpc) is 3.06. The molecule has 4 rings (SSSR count). The monoisotopic (exact) mass is 262 g/mol. The van der Waals surface area contributed by atoms with Crippen molar-refractivity contribution >= 4 is 34.3 Å². The van der Waals surface area contributed by atoms with Crippen LogP contribution in [0.1, 0.15) is 16.0 Å². The first-order valence-corrected chi connectivity index (χ1v) is 7.04. The van der Waals surface area contributed by atoms with Crippen LogP contribution in [0.2, 0.25) is 0 Å². The van der Waals surface area contributed by atoms with Crippen LogP contribution in [0.5, 0.6) is 0 Å². The third-order valence-corrected chi connectivity index (χ3v) is 4.44. The van der Waals surface area contributed by atoms with Gasteiger partial charge in [-0.2, -0.15) is 0 Å². The van der Waals surface area contributed by atoms with Gasteiger partial charge in [-0.1, -0.05) is 36.4 Å². The van der Waals surface area contributed by atoms with Gasteiger partial charge in [0.05, 0.1) is 0 Å². The lowest BCUT2D eigenvalue weighted by atomic mass is 9.90. The van der Waals surface area contributed by atoms with Crippen LogP contribution in [-0.2, 0) is 4.79 Å². The van der Waals surface area contributed by atoms with E-state index in [1.54, 1.807) is 11.3 Å². The standard InChI is InChI=1S/C17H10OS/c18-17-14(16-6-3-9-19-16)8-7-13-12-5-2-1-4-11(12)10-15(13)17/h1-10H. The number of rotatable bonds is 1. The summed E-state index contributed by atoms with van der Waals surface area (Å²) in [4.78, 5) is 13.6. The van der Waals surface area contributed by atoms with Gasteiger partial charge in [-0.25, -0.2) is 0 Å². The van der Waals surface area contributed by atoms with Crippen molar-refractivity contribution in [2.24, 2.45) is 0 Å². The van der Waals surface area contributed by atoms with E-state index in [0.717, 1.165) is 32.7 Å². The van der Waals surface area contributed by atoms with Crippen molar-refractivity contribution < 1.29 is 4.79 Å². The van der Waals surface area contributed by atoms with Crippen molar-refractivity contribution in [3.63, 3.8) is 0 Å². The van der Waals surface area contributed by atoms with Gasteiger partial charge in [-0.15, -0.1) is 11.3 Å². The fraction of sp³-hybridized carbons (Fsp3) is 0. The minimum atomic E-state index is 0.135. The summed E-state index contributed by atoms with van der Waals surface area (Å²) in [5.41, 5.74) is 4.98. The quantitative estimate of drug-likeness (QED) is 0.753. The van der Waals surface area contributed by atoms with E-state index in [9.17, 15) is 4.79 Å². The van der Waals surface area contributed by atoms with Crippen LogP contribution in [0.15, 0.2) is 59.5 Å². The highest BCUT2D eigenvalue weighted by Gasteiger charge is 2.28. The van der Waals surface area contributed by atoms with Gasteiger partial charge in [-0.3, -0.25) is 4.79 Å². The van der Waals surface area contributed by atoms with Crippen LogP contribution >= 0.6 is 11.3 Å². The second kappa shape index (κ2) is 3.90. The number of carbonyl (C=O) groups excluding carboxylic acids is 1. The Morgan fingerprint density at radius 1 is 0.842 bits per heavy atom. The molecule has 0 radical (unpaired) electrons. The number of benzene rings is 1. The molecule has 0 saturated carbocycles. The highest BCUT2D eigenvalue weighted by atomic mass is 32.1. The average molecular weight is 262 g/mol. The predicted octanol–water partition coefficient (Wildman–Crippen LogP) is 4.19. The smallest absolute Gasteiger partial charge is 0.195 e. The lowest BCUT2D eigenvalue weighted by molar-refractivity contribution is -0.110. The first kappa shape index (κ1) is 10.7. The molecule has 0 N–H and O–H groups in total. The molecule has 0 unspecified atom stereocenters. The molecule has 1 heterocycles. The topological polar surface area (TPSA) is 17.1 Å². The molecule has 0 bridgehead atoms. The lowest BCUT2D eigenvalue weighted by Gasteiger charge is -2.12. The van der Waals surface area contributed by atoms with E-state index in [4.69, 9.17) is 0 Å². The Morgan fingerprint density at radius 2 is 1.68 bits per heavy atom. The summed E-state index contributed by atoms with van der Waals surface area (Å²) in [6.07, 6.45) is 6.02. The Kier molecular flexibility index (Phi) is 2.20. The first-order valence-electron chi connectivity index (χ1n) is 6.16. The van der Waals surface area contributed by atoms with Crippen molar-refractivity contribution in [1.29, 1.82) is 0 Å². The van der Waals surface area contributed by atoms with Crippen LogP contribution in [-0.4, -0.2) is 5.78 Å². The summed E-state index contributed by atoms with van der Waals surface area (Å²) in [6.45, 7) is 0. The number of allylic oxidation sites excluding steroid dienone is 5. The normalized spacial score (nSPS) is 16.4. The highest BCUT2D eigenvalue weighted by Crippen LogP contribution is 2.41. The number of carbonyl (C=O) groups is 1. The zero-order valence-corrected chi connectivity index (χ0v) is 10.9. The van der Waals surface area contributed by atoms with E-state index in [1.807, 2.05) is 41.8 Å². The first-order chi connectivity index (χ1) is 9.34. The molecule has 0 aliphatic heterocycles. The van der Waals surface area contributed by atoms with E-state index >= 15 is 0 Å². The highest BCUT2D eigenvalue weighted by molar-refractivity contribution is 7.11. The minimum absolute atomic E-state index is 0.135. The number of fused-ring (bicyclic) bond motifs is 3. The van der Waals surface area contributed by atoms with Crippen molar-refractivity contribution in [1.82, 2.24) is 0 Å². The summed E-state index contributed by atoms with van der Waals surface area (Å²) in [6, 6.07) is 12.1. The molecular weight excluding hydrogens is 252 g/mol. The Labute approximate surface area is 115 Å². The third kappa shape index (κ3) is 1.50. The Bertz CT molecular complexity index is 773. The van der Waals surface area contributed by atoms with Gasteiger partial charge in [0.25, 0.3) is 0 Å². The Morgan fingerprint density at radius 3 is 2.53 bits per heavy atom. The largest absolute Gasteiger partial charge is 0.289 e. The molecule has 1 aromatic heterocycles. The Balaban J connectivity index is 1.88. The molecule has 2 aliphatic carbocycles. The van der Waals surface area contributed by atoms with E-state index in [0.29, 0.717) is 0 Å². The van der Waals surface area contributed by atoms with Gasteiger partial charge in [0.1, 0.15) is 0 Å². The molecule has 19 heavy (non-hydrogen) atoms. The second-order valence-corrected chi connectivity index (χ2v) is 5.56. The molecule has 0 saturated heterocycles. The number of Topliss-reactive ketones (excluding diaryl/α,β-unsaturated/α-hetero) is 1. The second-order valence-electron chi connectivity index (χ2n) is 4.61. The van der Waals surface area contributed by atoms with Gasteiger partial charge in [-0.05, 0) is 40.3 Å². The van der Waals surface area contributed by atoms with E-state index in [2.05, 4.69) is 18.2 Å². The Hall–Kier alpha value is -2.19. The van der Waals surface area contributed by atoms with Crippen LogP contribution in [0.4, 0.5) is 0 Å². The maximum atomic E-state index is 12.6. The van der Waals surface area contributed by atoms with Gasteiger partial charge in [0.15, 0.2) is 5.78 Å². The summed E-state index contributed by atoms with van der Waals surface area (Å²) < 4.78 is 0. The van der Waals surface area contributed by atoms with E-state index in [-0.39, 0.29) is 5.78 Å². The number of hydrogen-bond acceptors (Lipinski definition) is 2. The molecule has 2 aromatic rings. The molecule has 90 valence electrons. The van der Waals surface area contributed by atoms with Crippen LogP contribution < -0.4 is 0 Å². The zero-order valence-electron chi connectivity index (χ0n) is 10.1. The molecule has 2 aliphatic rings. The van der Waals surface area contributed by atoms with Gasteiger partial charge < -0.3 is 0 Å². The third-order valence-electron chi connectivity index (χ3n) is 3.53. The van der Waals surface area contributed by atoms with E-state index < -0.39 is 0 Å². The van der Waals surface area contributed by atoms with Crippen LogP contribution in [0, 0.1) is 0 Å².